The van der Waals surface area contributed by atoms with Crippen LogP contribution in [-0.2, 0) is 4.79 Å². The molecular weight excluding hydrogens is 200 g/mol. The number of carbonyl (C=O) groups excluding carboxylic acids is 1. The van der Waals surface area contributed by atoms with Gasteiger partial charge in [-0.2, -0.15) is 0 Å². The van der Waals surface area contributed by atoms with Gasteiger partial charge in [-0.25, -0.2) is 5.84 Å². The average molecular weight is 211 g/mol. The third kappa shape index (κ3) is 1.49. The highest BCUT2D eigenvalue weighted by atomic mass is 35.5. The Balaban J connectivity index is 2.33. The van der Waals surface area contributed by atoms with Crippen molar-refractivity contribution in [3.8, 4) is 0 Å². The van der Waals surface area contributed by atoms with Crippen LogP contribution in [0.2, 0.25) is 5.02 Å². The summed E-state index contributed by atoms with van der Waals surface area (Å²) in [4.78, 5) is 11.6. The second-order valence-electron chi connectivity index (χ2n) is 3.39. The molecule has 1 heterocycles. The lowest BCUT2D eigenvalue weighted by Gasteiger charge is -2.11. The van der Waals surface area contributed by atoms with Crippen molar-refractivity contribution in [2.24, 2.45) is 5.84 Å². The molecule has 1 aliphatic heterocycles. The predicted molar refractivity (Wildman–Crippen MR) is 54.7 cm³/mol. The largest absolute Gasteiger partial charge is 0.280 e. The first-order chi connectivity index (χ1) is 6.70. The molecule has 2 rings (SSSR count). The van der Waals surface area contributed by atoms with Gasteiger partial charge in [0.1, 0.15) is 0 Å². The van der Waals surface area contributed by atoms with Crippen molar-refractivity contribution in [1.82, 2.24) is 5.01 Å². The van der Waals surface area contributed by atoms with Crippen molar-refractivity contribution in [3.05, 3.63) is 34.9 Å². The molecule has 1 unspecified atom stereocenters. The van der Waals surface area contributed by atoms with Crippen molar-refractivity contribution in [3.63, 3.8) is 0 Å². The number of halogens is 1. The van der Waals surface area contributed by atoms with Gasteiger partial charge in [-0.1, -0.05) is 29.8 Å². The van der Waals surface area contributed by atoms with E-state index in [0.717, 1.165) is 12.0 Å². The van der Waals surface area contributed by atoms with Gasteiger partial charge in [-0.15, -0.1) is 0 Å². The molecule has 0 bridgehead atoms. The quantitative estimate of drug-likeness (QED) is 0.565. The zero-order chi connectivity index (χ0) is 10.1. The van der Waals surface area contributed by atoms with Crippen LogP contribution in [0.1, 0.15) is 17.9 Å². The molecule has 1 saturated heterocycles. The van der Waals surface area contributed by atoms with E-state index in [-0.39, 0.29) is 11.8 Å². The predicted octanol–water partition coefficient (Wildman–Crippen LogP) is 1.53. The molecule has 1 fully saturated rings. The molecule has 1 aromatic rings. The molecule has 14 heavy (non-hydrogen) atoms. The summed E-state index contributed by atoms with van der Waals surface area (Å²) in [5.41, 5.74) is 0.882. The first-order valence-corrected chi connectivity index (χ1v) is 4.88. The third-order valence-electron chi connectivity index (χ3n) is 2.52. The topological polar surface area (TPSA) is 46.3 Å². The normalized spacial score (nSPS) is 21.7. The number of carbonyl (C=O) groups is 1. The molecule has 0 aromatic heterocycles. The summed E-state index contributed by atoms with van der Waals surface area (Å²) in [7, 11) is 0. The molecule has 4 heteroatoms. The Morgan fingerprint density at radius 1 is 1.43 bits per heavy atom. The summed E-state index contributed by atoms with van der Waals surface area (Å²) in [6.07, 6.45) is 0.749. The number of hydrazine groups is 1. The fourth-order valence-corrected chi connectivity index (χ4v) is 2.02. The molecule has 0 spiro atoms. The van der Waals surface area contributed by atoms with E-state index in [2.05, 4.69) is 0 Å². The van der Waals surface area contributed by atoms with Crippen LogP contribution >= 0.6 is 11.6 Å². The van der Waals surface area contributed by atoms with Gasteiger partial charge in [-0.05, 0) is 18.1 Å². The Hall–Kier alpha value is -1.06. The van der Waals surface area contributed by atoms with E-state index in [1.807, 2.05) is 18.2 Å². The maximum absolute atomic E-state index is 11.6. The van der Waals surface area contributed by atoms with Gasteiger partial charge in [0.05, 0.1) is 5.92 Å². The maximum Gasteiger partial charge on any atom is 0.244 e. The minimum atomic E-state index is -0.159. The Bertz CT molecular complexity index is 367. The lowest BCUT2D eigenvalue weighted by Crippen LogP contribution is -2.33. The summed E-state index contributed by atoms with van der Waals surface area (Å²) in [5.74, 6) is 5.29. The number of nitrogens with two attached hydrogens (primary N) is 1. The van der Waals surface area contributed by atoms with Crippen molar-refractivity contribution in [2.75, 3.05) is 6.54 Å². The van der Waals surface area contributed by atoms with Crippen LogP contribution in [0, 0.1) is 0 Å². The Morgan fingerprint density at radius 2 is 2.14 bits per heavy atom. The standard InChI is InChI=1S/C10H11ClN2O/c11-9-4-2-1-3-7(9)8-5-6-13(12)10(8)14/h1-4,8H,5-6,12H2. The zero-order valence-electron chi connectivity index (χ0n) is 7.61. The summed E-state index contributed by atoms with van der Waals surface area (Å²) in [6, 6.07) is 7.41. The van der Waals surface area contributed by atoms with Gasteiger partial charge < -0.3 is 0 Å². The highest BCUT2D eigenvalue weighted by Crippen LogP contribution is 2.31. The van der Waals surface area contributed by atoms with E-state index in [1.165, 1.54) is 5.01 Å². The van der Waals surface area contributed by atoms with Gasteiger partial charge in [0, 0.05) is 11.6 Å². The highest BCUT2D eigenvalue weighted by molar-refractivity contribution is 6.31. The van der Waals surface area contributed by atoms with E-state index in [0.29, 0.717) is 11.6 Å². The van der Waals surface area contributed by atoms with Gasteiger partial charge in [0.25, 0.3) is 0 Å². The van der Waals surface area contributed by atoms with Crippen molar-refractivity contribution in [1.29, 1.82) is 0 Å². The summed E-state index contributed by atoms with van der Waals surface area (Å²) < 4.78 is 0. The fourth-order valence-electron chi connectivity index (χ4n) is 1.75. The van der Waals surface area contributed by atoms with E-state index >= 15 is 0 Å². The first kappa shape index (κ1) is 9.49. The SMILES string of the molecule is NN1CCC(c2ccccc2Cl)C1=O. The lowest BCUT2D eigenvalue weighted by molar-refractivity contribution is -0.129. The Kier molecular flexibility index (Phi) is 2.44. The molecule has 1 aromatic carbocycles. The van der Waals surface area contributed by atoms with Crippen molar-refractivity contribution < 1.29 is 4.79 Å². The fraction of sp³-hybridized carbons (Fsp3) is 0.300. The smallest absolute Gasteiger partial charge is 0.244 e. The molecule has 0 saturated carbocycles. The summed E-state index contributed by atoms with van der Waals surface area (Å²) >= 11 is 6.01. The number of rotatable bonds is 1. The molecule has 0 radical (unpaired) electrons. The number of benzene rings is 1. The first-order valence-electron chi connectivity index (χ1n) is 4.50. The number of nitrogens with zero attached hydrogens (tertiary/aromatic N) is 1. The zero-order valence-corrected chi connectivity index (χ0v) is 8.37. The minimum Gasteiger partial charge on any atom is -0.280 e. The third-order valence-corrected chi connectivity index (χ3v) is 2.86. The molecule has 3 nitrogen and oxygen atoms in total. The number of amides is 1. The molecule has 74 valence electrons. The maximum atomic E-state index is 11.6. The molecule has 1 amide bonds. The Labute approximate surface area is 87.4 Å². The van der Waals surface area contributed by atoms with E-state index in [1.54, 1.807) is 6.07 Å². The van der Waals surface area contributed by atoms with Gasteiger partial charge in [0.15, 0.2) is 0 Å². The monoisotopic (exact) mass is 210 g/mol. The van der Waals surface area contributed by atoms with Crippen molar-refractivity contribution in [2.45, 2.75) is 12.3 Å². The van der Waals surface area contributed by atoms with Crippen LogP contribution in [0.3, 0.4) is 0 Å². The van der Waals surface area contributed by atoms with Crippen molar-refractivity contribution >= 4 is 17.5 Å². The van der Waals surface area contributed by atoms with Crippen LogP contribution in [0.5, 0.6) is 0 Å². The van der Waals surface area contributed by atoms with Crippen LogP contribution in [-0.4, -0.2) is 17.5 Å². The average Bonchev–Trinajstić information content (AvgIpc) is 2.49. The minimum absolute atomic E-state index is 0.0434. The number of hydrogen-bond donors (Lipinski definition) is 1. The molecular formula is C10H11ClN2O. The summed E-state index contributed by atoms with van der Waals surface area (Å²) in [6.45, 7) is 0.606. The Morgan fingerprint density at radius 3 is 2.71 bits per heavy atom. The van der Waals surface area contributed by atoms with E-state index in [9.17, 15) is 4.79 Å². The molecule has 2 N–H and O–H groups in total. The van der Waals surface area contributed by atoms with Gasteiger partial charge in [0.2, 0.25) is 5.91 Å². The van der Waals surface area contributed by atoms with Gasteiger partial charge in [-0.3, -0.25) is 9.80 Å². The van der Waals surface area contributed by atoms with Crippen LogP contribution in [0.15, 0.2) is 24.3 Å². The van der Waals surface area contributed by atoms with Crippen LogP contribution < -0.4 is 5.84 Å². The number of hydrogen-bond acceptors (Lipinski definition) is 2. The van der Waals surface area contributed by atoms with Gasteiger partial charge >= 0.3 is 0 Å². The highest BCUT2D eigenvalue weighted by Gasteiger charge is 2.31. The molecule has 0 aliphatic carbocycles. The molecule has 1 atom stereocenters. The second kappa shape index (κ2) is 3.59. The molecule has 1 aliphatic rings. The van der Waals surface area contributed by atoms with E-state index in [4.69, 9.17) is 17.4 Å². The van der Waals surface area contributed by atoms with Crippen LogP contribution in [0.4, 0.5) is 0 Å². The summed E-state index contributed by atoms with van der Waals surface area (Å²) in [5, 5.41) is 1.90. The second-order valence-corrected chi connectivity index (χ2v) is 3.80. The van der Waals surface area contributed by atoms with Crippen LogP contribution in [0.25, 0.3) is 0 Å². The lowest BCUT2D eigenvalue weighted by atomic mass is 9.98. The van der Waals surface area contributed by atoms with E-state index < -0.39 is 0 Å².